The molecule has 0 spiro atoms. The number of benzene rings is 1. The molecule has 1 aromatic rings. The highest BCUT2D eigenvalue weighted by Gasteiger charge is 2.31. The second kappa shape index (κ2) is 10.5. The highest BCUT2D eigenvalue weighted by molar-refractivity contribution is 6.01. The van der Waals surface area contributed by atoms with Gasteiger partial charge in [-0.25, -0.2) is 10.3 Å². The van der Waals surface area contributed by atoms with Gasteiger partial charge in [-0.1, -0.05) is 44.2 Å². The number of carbonyl (C=O) groups is 3. The molecule has 0 saturated carbocycles. The standard InChI is InChI=1S/C18H26N2O5/c1-4-25-18(23)15(10-12(2)3)19-16(21)14(17(22)20-24)11-13-8-6-5-7-9-13/h5-9,12,14-15,24H,4,10-11H2,1-3H3,(H,19,21)(H,20,22)/t14?,15-/m0/s1. The number of hydrogen-bond donors (Lipinski definition) is 3. The van der Waals surface area contributed by atoms with Gasteiger partial charge in [0, 0.05) is 0 Å². The third-order valence-corrected chi connectivity index (χ3v) is 3.62. The molecular weight excluding hydrogens is 324 g/mol. The minimum absolute atomic E-state index is 0.107. The summed E-state index contributed by atoms with van der Waals surface area (Å²) in [7, 11) is 0. The van der Waals surface area contributed by atoms with Gasteiger partial charge >= 0.3 is 5.97 Å². The molecule has 1 aromatic carbocycles. The molecule has 0 bridgehead atoms. The molecule has 0 radical (unpaired) electrons. The van der Waals surface area contributed by atoms with Crippen molar-refractivity contribution in [3.8, 4) is 0 Å². The van der Waals surface area contributed by atoms with Crippen LogP contribution < -0.4 is 10.8 Å². The fraction of sp³-hybridized carbons (Fsp3) is 0.500. The van der Waals surface area contributed by atoms with Crippen LogP contribution in [0.15, 0.2) is 30.3 Å². The largest absolute Gasteiger partial charge is 0.464 e. The van der Waals surface area contributed by atoms with Crippen molar-refractivity contribution in [1.82, 2.24) is 10.8 Å². The van der Waals surface area contributed by atoms with Crippen molar-refractivity contribution in [2.24, 2.45) is 11.8 Å². The highest BCUT2D eigenvalue weighted by Crippen LogP contribution is 2.12. The van der Waals surface area contributed by atoms with Crippen LogP contribution in [0, 0.1) is 11.8 Å². The van der Waals surface area contributed by atoms with Gasteiger partial charge in [0.1, 0.15) is 12.0 Å². The third kappa shape index (κ3) is 6.93. The smallest absolute Gasteiger partial charge is 0.328 e. The van der Waals surface area contributed by atoms with Crippen LogP contribution in [-0.4, -0.2) is 35.6 Å². The van der Waals surface area contributed by atoms with E-state index >= 15 is 0 Å². The number of amides is 2. The second-order valence-corrected chi connectivity index (χ2v) is 6.16. The highest BCUT2D eigenvalue weighted by atomic mass is 16.5. The van der Waals surface area contributed by atoms with E-state index in [0.717, 1.165) is 5.56 Å². The molecule has 138 valence electrons. The number of hydrogen-bond acceptors (Lipinski definition) is 5. The molecule has 25 heavy (non-hydrogen) atoms. The van der Waals surface area contributed by atoms with Gasteiger partial charge in [-0.15, -0.1) is 0 Å². The van der Waals surface area contributed by atoms with Gasteiger partial charge in [0.15, 0.2) is 0 Å². The molecule has 7 heteroatoms. The Morgan fingerprint density at radius 2 is 1.76 bits per heavy atom. The Labute approximate surface area is 147 Å². The maximum Gasteiger partial charge on any atom is 0.328 e. The molecule has 0 aromatic heterocycles. The zero-order valence-corrected chi connectivity index (χ0v) is 14.8. The minimum Gasteiger partial charge on any atom is -0.464 e. The average Bonchev–Trinajstić information content (AvgIpc) is 2.59. The lowest BCUT2D eigenvalue weighted by Gasteiger charge is -2.22. The van der Waals surface area contributed by atoms with E-state index in [1.165, 1.54) is 5.48 Å². The third-order valence-electron chi connectivity index (χ3n) is 3.62. The zero-order chi connectivity index (χ0) is 18.8. The van der Waals surface area contributed by atoms with Gasteiger partial charge in [-0.2, -0.15) is 0 Å². The molecule has 1 rings (SSSR count). The average molecular weight is 350 g/mol. The Morgan fingerprint density at radius 3 is 2.28 bits per heavy atom. The first-order chi connectivity index (χ1) is 11.9. The van der Waals surface area contributed by atoms with Gasteiger partial charge in [-0.05, 0) is 31.2 Å². The molecule has 1 unspecified atom stereocenters. The van der Waals surface area contributed by atoms with E-state index in [9.17, 15) is 14.4 Å². The molecular formula is C18H26N2O5. The number of hydroxylamine groups is 1. The van der Waals surface area contributed by atoms with Crippen LogP contribution in [-0.2, 0) is 25.5 Å². The van der Waals surface area contributed by atoms with E-state index in [0.29, 0.717) is 6.42 Å². The summed E-state index contributed by atoms with van der Waals surface area (Å²) in [6.07, 6.45) is 0.500. The lowest BCUT2D eigenvalue weighted by Crippen LogP contribution is -2.49. The van der Waals surface area contributed by atoms with Gasteiger partial charge in [-0.3, -0.25) is 14.8 Å². The van der Waals surface area contributed by atoms with E-state index in [-0.39, 0.29) is 18.9 Å². The minimum atomic E-state index is -1.16. The number of nitrogens with one attached hydrogen (secondary N) is 2. The summed E-state index contributed by atoms with van der Waals surface area (Å²) in [6, 6.07) is 8.13. The van der Waals surface area contributed by atoms with Gasteiger partial charge < -0.3 is 10.1 Å². The lowest BCUT2D eigenvalue weighted by molar-refractivity contribution is -0.150. The molecule has 0 aliphatic carbocycles. The van der Waals surface area contributed by atoms with Crippen LogP contribution >= 0.6 is 0 Å². The van der Waals surface area contributed by atoms with Crippen LogP contribution in [0.2, 0.25) is 0 Å². The monoisotopic (exact) mass is 350 g/mol. The molecule has 0 saturated heterocycles. The van der Waals surface area contributed by atoms with E-state index in [1.54, 1.807) is 31.2 Å². The summed E-state index contributed by atoms with van der Waals surface area (Å²) < 4.78 is 4.99. The lowest BCUT2D eigenvalue weighted by atomic mass is 9.96. The van der Waals surface area contributed by atoms with Gasteiger partial charge in [0.05, 0.1) is 6.61 Å². The fourth-order valence-electron chi connectivity index (χ4n) is 2.43. The van der Waals surface area contributed by atoms with Crippen LogP contribution in [0.3, 0.4) is 0 Å². The van der Waals surface area contributed by atoms with E-state index in [4.69, 9.17) is 9.94 Å². The molecule has 2 atom stereocenters. The van der Waals surface area contributed by atoms with Crippen molar-refractivity contribution in [2.45, 2.75) is 39.7 Å². The predicted octanol–water partition coefficient (Wildman–Crippen LogP) is 1.44. The molecule has 2 amide bonds. The van der Waals surface area contributed by atoms with Crippen LogP contribution in [0.1, 0.15) is 32.8 Å². The number of ether oxygens (including phenoxy) is 1. The summed E-state index contributed by atoms with van der Waals surface area (Å²) in [4.78, 5) is 36.5. The van der Waals surface area contributed by atoms with E-state index in [1.807, 2.05) is 19.9 Å². The van der Waals surface area contributed by atoms with Crippen LogP contribution in [0.4, 0.5) is 0 Å². The fourth-order valence-corrected chi connectivity index (χ4v) is 2.43. The second-order valence-electron chi connectivity index (χ2n) is 6.16. The summed E-state index contributed by atoms with van der Waals surface area (Å²) in [5, 5.41) is 11.5. The van der Waals surface area contributed by atoms with Crippen molar-refractivity contribution in [3.05, 3.63) is 35.9 Å². The number of carbonyl (C=O) groups excluding carboxylic acids is 3. The van der Waals surface area contributed by atoms with Crippen LogP contribution in [0.25, 0.3) is 0 Å². The topological polar surface area (TPSA) is 105 Å². The first-order valence-electron chi connectivity index (χ1n) is 8.33. The maximum atomic E-state index is 12.6. The van der Waals surface area contributed by atoms with Crippen molar-refractivity contribution >= 4 is 17.8 Å². The normalized spacial score (nSPS) is 13.0. The van der Waals surface area contributed by atoms with Gasteiger partial charge in [0.2, 0.25) is 5.91 Å². The first-order valence-corrected chi connectivity index (χ1v) is 8.33. The maximum absolute atomic E-state index is 12.6. The Balaban J connectivity index is 2.90. The molecule has 0 fully saturated rings. The summed E-state index contributed by atoms with van der Waals surface area (Å²) in [6.45, 7) is 5.72. The SMILES string of the molecule is CCOC(=O)[C@H](CC(C)C)NC(=O)C(Cc1ccccc1)C(=O)NO. The van der Waals surface area contributed by atoms with Crippen molar-refractivity contribution in [3.63, 3.8) is 0 Å². The molecule has 7 nitrogen and oxygen atoms in total. The molecule has 0 heterocycles. The predicted molar refractivity (Wildman–Crippen MR) is 91.6 cm³/mol. The quantitative estimate of drug-likeness (QED) is 0.271. The Kier molecular flexibility index (Phi) is 8.63. The summed E-state index contributed by atoms with van der Waals surface area (Å²) in [5.41, 5.74) is 2.29. The van der Waals surface area contributed by atoms with Crippen molar-refractivity contribution in [1.29, 1.82) is 0 Å². The zero-order valence-electron chi connectivity index (χ0n) is 14.8. The molecule has 0 aliphatic heterocycles. The van der Waals surface area contributed by atoms with Gasteiger partial charge in [0.25, 0.3) is 5.91 Å². The van der Waals surface area contributed by atoms with Crippen molar-refractivity contribution in [2.75, 3.05) is 6.61 Å². The van der Waals surface area contributed by atoms with E-state index < -0.39 is 29.7 Å². The Hall–Kier alpha value is -2.41. The van der Waals surface area contributed by atoms with Crippen molar-refractivity contribution < 1.29 is 24.3 Å². The summed E-state index contributed by atoms with van der Waals surface area (Å²) >= 11 is 0. The number of rotatable bonds is 9. The molecule has 3 N–H and O–H groups in total. The molecule has 0 aliphatic rings. The summed E-state index contributed by atoms with van der Waals surface area (Å²) in [5.74, 6) is -3.00. The number of esters is 1. The Morgan fingerprint density at radius 1 is 1.12 bits per heavy atom. The van der Waals surface area contributed by atoms with Crippen LogP contribution in [0.5, 0.6) is 0 Å². The van der Waals surface area contributed by atoms with E-state index in [2.05, 4.69) is 5.32 Å². The Bertz CT molecular complexity index is 574. The first kappa shape index (κ1) is 20.6.